The molecule has 0 aliphatic heterocycles. The van der Waals surface area contributed by atoms with Crippen LogP contribution in [0.1, 0.15) is 23.2 Å². The highest BCUT2D eigenvalue weighted by atomic mass is 79.9. The summed E-state index contributed by atoms with van der Waals surface area (Å²) in [5.74, 6) is -2.78. The van der Waals surface area contributed by atoms with Crippen LogP contribution in [-0.4, -0.2) is 16.3 Å². The minimum Gasteiger partial charge on any atom is -0.481 e. The van der Waals surface area contributed by atoms with E-state index >= 15 is 0 Å². The number of ether oxygens (including phenoxy) is 1. The monoisotopic (exact) mass is 489 g/mol. The van der Waals surface area contributed by atoms with Crippen LogP contribution in [-0.2, 0) is 19.2 Å². The maximum atomic E-state index is 14.3. The number of aliphatic hydroxyl groups excluding tert-OH is 1. The highest BCUT2D eigenvalue weighted by Crippen LogP contribution is 2.35. The Morgan fingerprint density at radius 1 is 1.00 bits per heavy atom. The molecule has 0 aliphatic rings. The SMILES string of the molecule is OCCCc1cc(F)c(OCc2c(C(F)(F)F)ccn2-c2ccc(Br)cc2)c(F)c1. The van der Waals surface area contributed by atoms with E-state index in [0.29, 0.717) is 17.7 Å². The standard InChI is InChI=1S/C21H17BrF5NO2/c22-14-3-5-15(6-4-14)28-8-7-16(21(25,26)27)19(28)12-30-20-17(23)10-13(2-1-9-29)11-18(20)24/h3-8,10-11,29H,1-2,9,12H2. The van der Waals surface area contributed by atoms with Crippen molar-refractivity contribution in [2.75, 3.05) is 6.61 Å². The van der Waals surface area contributed by atoms with E-state index in [4.69, 9.17) is 9.84 Å². The Morgan fingerprint density at radius 3 is 2.20 bits per heavy atom. The third-order valence-electron chi connectivity index (χ3n) is 4.44. The third-order valence-corrected chi connectivity index (χ3v) is 4.97. The van der Waals surface area contributed by atoms with Gasteiger partial charge in [-0.15, -0.1) is 0 Å². The van der Waals surface area contributed by atoms with Gasteiger partial charge in [-0.25, -0.2) is 8.78 Å². The number of aliphatic hydroxyl groups is 1. The molecule has 0 radical (unpaired) electrons. The molecular weight excluding hydrogens is 473 g/mol. The normalized spacial score (nSPS) is 11.7. The van der Waals surface area contributed by atoms with Crippen LogP contribution in [0.25, 0.3) is 5.69 Å². The molecule has 0 spiro atoms. The van der Waals surface area contributed by atoms with Gasteiger partial charge in [0.25, 0.3) is 0 Å². The van der Waals surface area contributed by atoms with Crippen molar-refractivity contribution in [3.63, 3.8) is 0 Å². The van der Waals surface area contributed by atoms with Crippen molar-refractivity contribution >= 4 is 15.9 Å². The van der Waals surface area contributed by atoms with Crippen LogP contribution >= 0.6 is 15.9 Å². The Morgan fingerprint density at radius 2 is 1.63 bits per heavy atom. The average molecular weight is 490 g/mol. The zero-order valence-corrected chi connectivity index (χ0v) is 17.1. The molecule has 0 saturated carbocycles. The predicted molar refractivity (Wildman–Crippen MR) is 105 cm³/mol. The van der Waals surface area contributed by atoms with Gasteiger partial charge in [0, 0.05) is 23.0 Å². The van der Waals surface area contributed by atoms with Crippen LogP contribution in [0, 0.1) is 11.6 Å². The van der Waals surface area contributed by atoms with Gasteiger partial charge < -0.3 is 14.4 Å². The zero-order valence-electron chi connectivity index (χ0n) is 15.5. The van der Waals surface area contributed by atoms with E-state index in [1.54, 1.807) is 24.3 Å². The fraction of sp³-hybridized carbons (Fsp3) is 0.238. The minimum absolute atomic E-state index is 0.130. The number of aryl methyl sites for hydroxylation is 1. The van der Waals surface area contributed by atoms with Crippen LogP contribution in [0.4, 0.5) is 22.0 Å². The first-order chi connectivity index (χ1) is 14.2. The highest BCUT2D eigenvalue weighted by Gasteiger charge is 2.36. The molecule has 3 rings (SSSR count). The average Bonchev–Trinajstić information content (AvgIpc) is 3.10. The fourth-order valence-electron chi connectivity index (χ4n) is 3.03. The van der Waals surface area contributed by atoms with Crippen LogP contribution in [0.5, 0.6) is 5.75 Å². The molecule has 1 heterocycles. The summed E-state index contributed by atoms with van der Waals surface area (Å²) < 4.78 is 76.1. The van der Waals surface area contributed by atoms with Crippen molar-refractivity contribution in [3.8, 4) is 11.4 Å². The van der Waals surface area contributed by atoms with Gasteiger partial charge >= 0.3 is 6.18 Å². The Bertz CT molecular complexity index is 992. The lowest BCUT2D eigenvalue weighted by atomic mass is 10.1. The molecule has 0 fully saturated rings. The Hall–Kier alpha value is -2.39. The van der Waals surface area contributed by atoms with E-state index < -0.39 is 35.7 Å². The van der Waals surface area contributed by atoms with Crippen molar-refractivity contribution in [1.29, 1.82) is 0 Å². The fourth-order valence-corrected chi connectivity index (χ4v) is 3.30. The van der Waals surface area contributed by atoms with Gasteiger partial charge in [0.05, 0.1) is 11.3 Å². The lowest BCUT2D eigenvalue weighted by Gasteiger charge is -2.15. The second-order valence-corrected chi connectivity index (χ2v) is 7.44. The quantitative estimate of drug-likeness (QED) is 0.410. The van der Waals surface area contributed by atoms with Crippen LogP contribution in [0.2, 0.25) is 0 Å². The van der Waals surface area contributed by atoms with Crippen molar-refractivity contribution in [3.05, 3.63) is 81.6 Å². The summed E-state index contributed by atoms with van der Waals surface area (Å²) >= 11 is 3.26. The number of nitrogens with zero attached hydrogens (tertiary/aromatic N) is 1. The molecule has 30 heavy (non-hydrogen) atoms. The van der Waals surface area contributed by atoms with Gasteiger partial charge in [-0.1, -0.05) is 15.9 Å². The second kappa shape index (κ2) is 9.18. The van der Waals surface area contributed by atoms with Crippen LogP contribution in [0.15, 0.2) is 53.1 Å². The summed E-state index contributed by atoms with van der Waals surface area (Å²) in [6, 6.07) is 9.52. The Balaban J connectivity index is 1.93. The molecule has 0 atom stereocenters. The summed E-state index contributed by atoms with van der Waals surface area (Å²) in [5.41, 5.74) is -0.480. The molecule has 0 unspecified atom stereocenters. The molecule has 0 bridgehead atoms. The number of hydrogen-bond donors (Lipinski definition) is 1. The Labute approximate surface area is 177 Å². The van der Waals surface area contributed by atoms with Crippen molar-refractivity contribution in [2.24, 2.45) is 0 Å². The van der Waals surface area contributed by atoms with Crippen LogP contribution in [0.3, 0.4) is 0 Å². The minimum atomic E-state index is -4.66. The molecular formula is C21H17BrF5NO2. The van der Waals surface area contributed by atoms with Gasteiger partial charge in [0.15, 0.2) is 17.4 Å². The maximum absolute atomic E-state index is 14.3. The first kappa shape index (κ1) is 22.3. The summed E-state index contributed by atoms with van der Waals surface area (Å²) in [4.78, 5) is 0. The molecule has 3 aromatic rings. The number of hydrogen-bond acceptors (Lipinski definition) is 2. The lowest BCUT2D eigenvalue weighted by molar-refractivity contribution is -0.138. The molecule has 1 N–H and O–H groups in total. The number of rotatable bonds is 7. The zero-order chi connectivity index (χ0) is 21.9. The molecule has 3 nitrogen and oxygen atoms in total. The number of aromatic nitrogens is 1. The van der Waals surface area contributed by atoms with E-state index in [1.165, 1.54) is 10.8 Å². The van der Waals surface area contributed by atoms with E-state index in [0.717, 1.165) is 22.7 Å². The van der Waals surface area contributed by atoms with Gasteiger partial charge in [-0.2, -0.15) is 13.2 Å². The van der Waals surface area contributed by atoms with Gasteiger partial charge in [-0.3, -0.25) is 0 Å². The summed E-state index contributed by atoms with van der Waals surface area (Å²) in [5, 5.41) is 8.83. The summed E-state index contributed by atoms with van der Waals surface area (Å²) in [7, 11) is 0. The largest absolute Gasteiger partial charge is 0.481 e. The van der Waals surface area contributed by atoms with Crippen molar-refractivity contribution in [2.45, 2.75) is 25.6 Å². The first-order valence-electron chi connectivity index (χ1n) is 8.95. The van der Waals surface area contributed by atoms with Crippen molar-refractivity contribution in [1.82, 2.24) is 4.57 Å². The van der Waals surface area contributed by atoms with Gasteiger partial charge in [0.2, 0.25) is 0 Å². The highest BCUT2D eigenvalue weighted by molar-refractivity contribution is 9.10. The smallest absolute Gasteiger partial charge is 0.418 e. The van der Waals surface area contributed by atoms with E-state index in [1.807, 2.05) is 0 Å². The van der Waals surface area contributed by atoms with Gasteiger partial charge in [-0.05, 0) is 60.9 Å². The Kier molecular flexibility index (Phi) is 6.82. The first-order valence-corrected chi connectivity index (χ1v) is 9.75. The van der Waals surface area contributed by atoms with Crippen molar-refractivity contribution < 1.29 is 31.8 Å². The van der Waals surface area contributed by atoms with E-state index in [-0.39, 0.29) is 18.7 Å². The van der Waals surface area contributed by atoms with E-state index in [2.05, 4.69) is 15.9 Å². The molecule has 0 aliphatic carbocycles. The second-order valence-electron chi connectivity index (χ2n) is 6.52. The maximum Gasteiger partial charge on any atom is 0.418 e. The number of halogens is 6. The third kappa shape index (κ3) is 5.02. The van der Waals surface area contributed by atoms with E-state index in [9.17, 15) is 22.0 Å². The molecule has 160 valence electrons. The molecule has 9 heteroatoms. The number of benzene rings is 2. The van der Waals surface area contributed by atoms with Gasteiger partial charge in [0.1, 0.15) is 6.61 Å². The molecule has 2 aromatic carbocycles. The summed E-state index contributed by atoms with van der Waals surface area (Å²) in [6.45, 7) is -0.823. The molecule has 1 aromatic heterocycles. The molecule has 0 saturated heterocycles. The lowest BCUT2D eigenvalue weighted by Crippen LogP contribution is -2.13. The summed E-state index contributed by atoms with van der Waals surface area (Å²) in [6.07, 6.45) is -2.84. The molecule has 0 amide bonds. The number of alkyl halides is 3. The predicted octanol–water partition coefficient (Wildman–Crippen LogP) is 6.04. The topological polar surface area (TPSA) is 34.4 Å². The van der Waals surface area contributed by atoms with Crippen LogP contribution < -0.4 is 4.74 Å².